The molecule has 1 saturated carbocycles. The molecule has 2 aliphatic rings. The van der Waals surface area contributed by atoms with Crippen molar-refractivity contribution in [3.8, 4) is 5.88 Å². The largest absolute Gasteiger partial charge is 0.475 e. The average Bonchev–Trinajstić information content (AvgIpc) is 2.98. The fourth-order valence-corrected chi connectivity index (χ4v) is 3.16. The highest BCUT2D eigenvalue weighted by Gasteiger charge is 2.16. The van der Waals surface area contributed by atoms with Crippen molar-refractivity contribution in [2.45, 2.75) is 38.1 Å². The third-order valence-corrected chi connectivity index (χ3v) is 4.40. The molecule has 5 nitrogen and oxygen atoms in total. The number of piperazine rings is 1. The van der Waals surface area contributed by atoms with Crippen molar-refractivity contribution < 1.29 is 4.74 Å². The van der Waals surface area contributed by atoms with E-state index in [4.69, 9.17) is 4.74 Å². The molecule has 0 aromatic carbocycles. The Bertz CT molecular complexity index is 394. The molecule has 20 heavy (non-hydrogen) atoms. The van der Waals surface area contributed by atoms with Gasteiger partial charge in [-0.2, -0.15) is 0 Å². The van der Waals surface area contributed by atoms with Gasteiger partial charge in [-0.1, -0.05) is 19.3 Å². The van der Waals surface area contributed by atoms with Gasteiger partial charge < -0.3 is 10.1 Å². The van der Waals surface area contributed by atoms with Crippen molar-refractivity contribution >= 4 is 0 Å². The zero-order valence-electron chi connectivity index (χ0n) is 12.3. The zero-order chi connectivity index (χ0) is 13.6. The Balaban J connectivity index is 1.42. The van der Waals surface area contributed by atoms with Gasteiger partial charge in [0.15, 0.2) is 0 Å². The maximum Gasteiger partial charge on any atom is 0.232 e. The lowest BCUT2D eigenvalue weighted by Gasteiger charge is -2.26. The molecule has 0 radical (unpaired) electrons. The van der Waals surface area contributed by atoms with Crippen LogP contribution in [0.2, 0.25) is 0 Å². The van der Waals surface area contributed by atoms with Crippen molar-refractivity contribution in [2.24, 2.45) is 0 Å². The molecule has 1 aliphatic carbocycles. The fourth-order valence-electron chi connectivity index (χ4n) is 3.16. The highest BCUT2D eigenvalue weighted by molar-refractivity contribution is 5.06. The topological polar surface area (TPSA) is 42.3 Å². The molecule has 0 bridgehead atoms. The minimum Gasteiger partial charge on any atom is -0.475 e. The molecule has 1 aromatic rings. The number of nitrogens with one attached hydrogen (secondary N) is 1. The zero-order valence-corrected chi connectivity index (χ0v) is 12.3. The van der Waals surface area contributed by atoms with E-state index < -0.39 is 0 Å². The maximum absolute atomic E-state index is 5.79. The molecule has 5 heteroatoms. The van der Waals surface area contributed by atoms with Crippen molar-refractivity contribution in [3.63, 3.8) is 0 Å². The van der Waals surface area contributed by atoms with Crippen molar-refractivity contribution in [3.05, 3.63) is 12.3 Å². The Kier molecular flexibility index (Phi) is 4.92. The minimum absolute atomic E-state index is 0.592. The summed E-state index contributed by atoms with van der Waals surface area (Å²) in [7, 11) is 0. The first kappa shape index (κ1) is 13.9. The lowest BCUT2D eigenvalue weighted by Crippen LogP contribution is -2.44. The first-order chi connectivity index (χ1) is 9.92. The van der Waals surface area contributed by atoms with Gasteiger partial charge in [-0.15, -0.1) is 5.10 Å². The Morgan fingerprint density at radius 1 is 1.20 bits per heavy atom. The second-order valence-corrected chi connectivity index (χ2v) is 5.87. The van der Waals surface area contributed by atoms with Gasteiger partial charge in [0.1, 0.15) is 6.61 Å². The summed E-state index contributed by atoms with van der Waals surface area (Å²) in [5.74, 6) is 0.783. The van der Waals surface area contributed by atoms with Gasteiger partial charge in [0.2, 0.25) is 5.88 Å². The molecule has 1 saturated heterocycles. The lowest BCUT2D eigenvalue weighted by molar-refractivity contribution is 0.186. The van der Waals surface area contributed by atoms with Gasteiger partial charge in [-0.25, -0.2) is 0 Å². The van der Waals surface area contributed by atoms with Gasteiger partial charge in [0.25, 0.3) is 0 Å². The van der Waals surface area contributed by atoms with Crippen molar-refractivity contribution in [2.75, 3.05) is 39.3 Å². The van der Waals surface area contributed by atoms with Crippen molar-refractivity contribution in [1.82, 2.24) is 20.0 Å². The predicted octanol–water partition coefficient (Wildman–Crippen LogP) is 1.67. The molecule has 112 valence electrons. The van der Waals surface area contributed by atoms with Crippen LogP contribution >= 0.6 is 0 Å². The number of nitrogens with zero attached hydrogens (tertiary/aromatic N) is 3. The Hall–Kier alpha value is -1.07. The Morgan fingerprint density at radius 2 is 2.00 bits per heavy atom. The molecule has 0 spiro atoms. The molecule has 1 N–H and O–H groups in total. The number of rotatable bonds is 5. The first-order valence-corrected chi connectivity index (χ1v) is 8.03. The highest BCUT2D eigenvalue weighted by atomic mass is 16.5. The second-order valence-electron chi connectivity index (χ2n) is 5.87. The monoisotopic (exact) mass is 278 g/mol. The van der Waals surface area contributed by atoms with E-state index in [1.165, 1.54) is 32.1 Å². The molecule has 2 fully saturated rings. The van der Waals surface area contributed by atoms with Crippen LogP contribution < -0.4 is 10.1 Å². The molecule has 3 rings (SSSR count). The van der Waals surface area contributed by atoms with E-state index in [1.807, 2.05) is 6.07 Å². The predicted molar refractivity (Wildman–Crippen MR) is 79.2 cm³/mol. The summed E-state index contributed by atoms with van der Waals surface area (Å²) in [6.45, 7) is 6.17. The molecule has 2 heterocycles. The summed E-state index contributed by atoms with van der Waals surface area (Å²) >= 11 is 0. The van der Waals surface area contributed by atoms with Crippen LogP contribution in [0.15, 0.2) is 12.3 Å². The molecule has 0 atom stereocenters. The van der Waals surface area contributed by atoms with Gasteiger partial charge in [-0.05, 0) is 12.8 Å². The first-order valence-electron chi connectivity index (χ1n) is 8.03. The van der Waals surface area contributed by atoms with Crippen LogP contribution in [0.5, 0.6) is 5.88 Å². The molecule has 0 amide bonds. The van der Waals surface area contributed by atoms with E-state index >= 15 is 0 Å². The molecule has 1 aromatic heterocycles. The summed E-state index contributed by atoms with van der Waals surface area (Å²) in [6, 6.07) is 2.60. The van der Waals surface area contributed by atoms with Crippen LogP contribution in [-0.2, 0) is 0 Å². The SMILES string of the molecule is c1cn(C2CCCCC2)nc1OCCN1CCNCC1. The van der Waals surface area contributed by atoms with E-state index in [9.17, 15) is 0 Å². The van der Waals surface area contributed by atoms with Crippen LogP contribution in [0.25, 0.3) is 0 Å². The molecular weight excluding hydrogens is 252 g/mol. The normalized spacial score (nSPS) is 22.0. The number of hydrogen-bond acceptors (Lipinski definition) is 4. The summed E-state index contributed by atoms with van der Waals surface area (Å²) in [4.78, 5) is 2.44. The van der Waals surface area contributed by atoms with E-state index in [1.54, 1.807) is 0 Å². The molecular formula is C15H26N4O. The highest BCUT2D eigenvalue weighted by Crippen LogP contribution is 2.28. The smallest absolute Gasteiger partial charge is 0.232 e. The molecule has 0 unspecified atom stereocenters. The summed E-state index contributed by atoms with van der Waals surface area (Å²) in [5.41, 5.74) is 0. The quantitative estimate of drug-likeness (QED) is 0.890. The van der Waals surface area contributed by atoms with E-state index in [0.29, 0.717) is 6.04 Å². The summed E-state index contributed by atoms with van der Waals surface area (Å²) in [6.07, 6.45) is 8.67. The van der Waals surface area contributed by atoms with Crippen LogP contribution in [0.4, 0.5) is 0 Å². The standard InChI is InChI=1S/C15H26N4O/c1-2-4-14(5-3-1)19-9-6-15(17-19)20-13-12-18-10-7-16-8-11-18/h6,9,14,16H,1-5,7-8,10-13H2. The van der Waals surface area contributed by atoms with Crippen LogP contribution in [0, 0.1) is 0 Å². The maximum atomic E-state index is 5.79. The van der Waals surface area contributed by atoms with Crippen molar-refractivity contribution in [1.29, 1.82) is 0 Å². The lowest BCUT2D eigenvalue weighted by atomic mass is 9.96. The summed E-state index contributed by atoms with van der Waals surface area (Å²) < 4.78 is 7.90. The van der Waals surface area contributed by atoms with Crippen LogP contribution in [-0.4, -0.2) is 54.0 Å². The third kappa shape index (κ3) is 3.73. The van der Waals surface area contributed by atoms with E-state index in [-0.39, 0.29) is 0 Å². The second kappa shape index (κ2) is 7.09. The minimum atomic E-state index is 0.592. The summed E-state index contributed by atoms with van der Waals surface area (Å²) in [5, 5.41) is 7.94. The number of aromatic nitrogens is 2. The van der Waals surface area contributed by atoms with Gasteiger partial charge in [0, 0.05) is 45.0 Å². The Morgan fingerprint density at radius 3 is 2.80 bits per heavy atom. The van der Waals surface area contributed by atoms with Crippen LogP contribution in [0.3, 0.4) is 0 Å². The Labute approximate surface area is 121 Å². The average molecular weight is 278 g/mol. The van der Waals surface area contributed by atoms with Gasteiger partial charge in [-0.3, -0.25) is 9.58 Å². The van der Waals surface area contributed by atoms with Gasteiger partial charge in [0.05, 0.1) is 6.04 Å². The fraction of sp³-hybridized carbons (Fsp3) is 0.800. The van der Waals surface area contributed by atoms with E-state index in [0.717, 1.165) is 45.2 Å². The van der Waals surface area contributed by atoms with Crippen LogP contribution in [0.1, 0.15) is 38.1 Å². The van der Waals surface area contributed by atoms with E-state index in [2.05, 4.69) is 26.2 Å². The number of ether oxygens (including phenoxy) is 1. The van der Waals surface area contributed by atoms with Gasteiger partial charge >= 0.3 is 0 Å². The molecule has 1 aliphatic heterocycles. The third-order valence-electron chi connectivity index (χ3n) is 4.40. The number of hydrogen-bond donors (Lipinski definition) is 1.